The smallest absolute Gasteiger partial charge is 0.262 e. The molecule has 2 N–H and O–H groups in total. The summed E-state index contributed by atoms with van der Waals surface area (Å²) in [5.41, 5.74) is 5.32. The average molecular weight is 382 g/mol. The van der Waals surface area contributed by atoms with E-state index in [0.29, 0.717) is 11.6 Å². The number of hydrazone groups is 1. The number of fused-ring (bicyclic) bond motifs is 1. The highest BCUT2D eigenvalue weighted by molar-refractivity contribution is 7.22. The van der Waals surface area contributed by atoms with Crippen LogP contribution in [0, 0.1) is 0 Å². The molecule has 140 valence electrons. The molecule has 0 bridgehead atoms. The molecule has 1 atom stereocenters. The van der Waals surface area contributed by atoms with Crippen LogP contribution in [0.2, 0.25) is 0 Å². The Kier molecular flexibility index (Phi) is 6.03. The largest absolute Gasteiger partial charge is 0.497 e. The molecule has 0 aliphatic rings. The number of hydrogen-bond donors (Lipinski definition) is 2. The first-order valence-corrected chi connectivity index (χ1v) is 9.55. The molecule has 0 radical (unpaired) electrons. The lowest BCUT2D eigenvalue weighted by atomic mass is 10.1. The Morgan fingerprint density at radius 2 is 1.96 bits per heavy atom. The first-order chi connectivity index (χ1) is 13.1. The summed E-state index contributed by atoms with van der Waals surface area (Å²) >= 11 is 1.52. The highest BCUT2D eigenvalue weighted by Gasteiger charge is 2.14. The van der Waals surface area contributed by atoms with Gasteiger partial charge >= 0.3 is 0 Å². The number of carbonyl (C=O) groups excluding carboxylic acids is 1. The molecule has 0 aliphatic heterocycles. The molecule has 1 heterocycles. The molecule has 3 aromatic rings. The zero-order valence-electron chi connectivity index (χ0n) is 15.5. The third-order valence-corrected chi connectivity index (χ3v) is 5.05. The summed E-state index contributed by atoms with van der Waals surface area (Å²) in [6, 6.07) is 15.0. The van der Waals surface area contributed by atoms with Crippen LogP contribution in [0.5, 0.6) is 5.75 Å². The summed E-state index contributed by atoms with van der Waals surface area (Å²) in [6.45, 7) is 3.79. The normalized spacial score (nSPS) is 12.6. The van der Waals surface area contributed by atoms with Crippen LogP contribution in [0.15, 0.2) is 53.6 Å². The van der Waals surface area contributed by atoms with E-state index in [1.165, 1.54) is 11.3 Å². The Morgan fingerprint density at radius 3 is 2.63 bits per heavy atom. The van der Waals surface area contributed by atoms with Gasteiger partial charge in [0.25, 0.3) is 5.91 Å². The summed E-state index contributed by atoms with van der Waals surface area (Å²) in [6.07, 6.45) is 0.701. The highest BCUT2D eigenvalue weighted by Crippen LogP contribution is 2.25. The molecule has 27 heavy (non-hydrogen) atoms. The van der Waals surface area contributed by atoms with Gasteiger partial charge in [0.05, 0.1) is 23.0 Å². The zero-order valence-corrected chi connectivity index (χ0v) is 16.3. The third kappa shape index (κ3) is 4.62. The van der Waals surface area contributed by atoms with E-state index in [-0.39, 0.29) is 5.91 Å². The van der Waals surface area contributed by atoms with Gasteiger partial charge in [-0.15, -0.1) is 0 Å². The molecule has 3 rings (SSSR count). The van der Waals surface area contributed by atoms with Crippen molar-refractivity contribution in [1.82, 2.24) is 10.4 Å². The third-order valence-electron chi connectivity index (χ3n) is 4.09. The molecule has 1 aromatic heterocycles. The molecule has 7 heteroatoms. The Morgan fingerprint density at radius 1 is 1.22 bits per heavy atom. The number of para-hydroxylation sites is 1. The van der Waals surface area contributed by atoms with Crippen molar-refractivity contribution in [1.29, 1.82) is 0 Å². The summed E-state index contributed by atoms with van der Waals surface area (Å²) in [5.74, 6) is 0.570. The SMILES string of the molecule is CC/C(=N/NC(=O)[C@H](C)Nc1nc2ccccc2s1)c1ccc(OC)cc1. The molecular weight excluding hydrogens is 360 g/mol. The van der Waals surface area contributed by atoms with Gasteiger partial charge in [-0.05, 0) is 55.3 Å². The Labute approximate surface area is 162 Å². The average Bonchev–Trinajstić information content (AvgIpc) is 3.11. The van der Waals surface area contributed by atoms with Gasteiger partial charge in [-0.1, -0.05) is 30.4 Å². The minimum Gasteiger partial charge on any atom is -0.497 e. The topological polar surface area (TPSA) is 75.6 Å². The molecule has 0 aliphatic carbocycles. The van der Waals surface area contributed by atoms with Crippen molar-refractivity contribution < 1.29 is 9.53 Å². The van der Waals surface area contributed by atoms with Gasteiger partial charge in [0.1, 0.15) is 11.8 Å². The second-order valence-electron chi connectivity index (χ2n) is 5.97. The van der Waals surface area contributed by atoms with Crippen molar-refractivity contribution in [2.45, 2.75) is 26.3 Å². The van der Waals surface area contributed by atoms with E-state index in [9.17, 15) is 4.79 Å². The summed E-state index contributed by atoms with van der Waals surface area (Å²) in [5, 5.41) is 8.15. The van der Waals surface area contributed by atoms with Crippen molar-refractivity contribution in [2.75, 3.05) is 12.4 Å². The molecule has 6 nitrogen and oxygen atoms in total. The Hall–Kier alpha value is -2.93. The number of hydrogen-bond acceptors (Lipinski definition) is 6. The van der Waals surface area contributed by atoms with Gasteiger partial charge < -0.3 is 10.1 Å². The van der Waals surface area contributed by atoms with E-state index in [2.05, 4.69) is 20.8 Å². The molecule has 0 unspecified atom stereocenters. The minimum atomic E-state index is -0.455. The Bertz CT molecular complexity index is 917. The fourth-order valence-corrected chi connectivity index (χ4v) is 3.49. The lowest BCUT2D eigenvalue weighted by Crippen LogP contribution is -2.35. The predicted octanol–water partition coefficient (Wildman–Crippen LogP) is 4.04. The van der Waals surface area contributed by atoms with Crippen molar-refractivity contribution >= 4 is 38.3 Å². The number of anilines is 1. The fourth-order valence-electron chi connectivity index (χ4n) is 2.54. The maximum Gasteiger partial charge on any atom is 0.262 e. The second-order valence-corrected chi connectivity index (χ2v) is 7.00. The maximum atomic E-state index is 12.4. The lowest BCUT2D eigenvalue weighted by molar-refractivity contribution is -0.121. The highest BCUT2D eigenvalue weighted by atomic mass is 32.1. The first-order valence-electron chi connectivity index (χ1n) is 8.73. The summed E-state index contributed by atoms with van der Waals surface area (Å²) < 4.78 is 6.25. The van der Waals surface area contributed by atoms with Crippen molar-refractivity contribution in [3.8, 4) is 5.75 Å². The van der Waals surface area contributed by atoms with Crippen LogP contribution in [0.3, 0.4) is 0 Å². The molecular formula is C20H22N4O2S. The Balaban J connectivity index is 1.64. The predicted molar refractivity (Wildman–Crippen MR) is 111 cm³/mol. The van der Waals surface area contributed by atoms with Crippen molar-refractivity contribution in [2.24, 2.45) is 5.10 Å². The minimum absolute atomic E-state index is 0.214. The van der Waals surface area contributed by atoms with E-state index in [4.69, 9.17) is 4.74 Å². The van der Waals surface area contributed by atoms with Crippen LogP contribution < -0.4 is 15.5 Å². The van der Waals surface area contributed by atoms with Gasteiger partial charge in [-0.25, -0.2) is 10.4 Å². The van der Waals surface area contributed by atoms with Crippen LogP contribution in [0.25, 0.3) is 10.2 Å². The fraction of sp³-hybridized carbons (Fsp3) is 0.250. The maximum absolute atomic E-state index is 12.4. The summed E-state index contributed by atoms with van der Waals surface area (Å²) in [4.78, 5) is 16.9. The first kappa shape index (κ1) is 18.8. The van der Waals surface area contributed by atoms with E-state index in [0.717, 1.165) is 27.2 Å². The van der Waals surface area contributed by atoms with Gasteiger partial charge in [0, 0.05) is 0 Å². The lowest BCUT2D eigenvalue weighted by Gasteiger charge is -2.12. The van der Waals surface area contributed by atoms with Crippen LogP contribution in [0.4, 0.5) is 5.13 Å². The quantitative estimate of drug-likeness (QED) is 0.478. The van der Waals surface area contributed by atoms with Crippen LogP contribution in [-0.2, 0) is 4.79 Å². The van der Waals surface area contributed by atoms with Gasteiger partial charge in [0.15, 0.2) is 5.13 Å². The van der Waals surface area contributed by atoms with Gasteiger partial charge in [-0.3, -0.25) is 4.79 Å². The van der Waals surface area contributed by atoms with Gasteiger partial charge in [-0.2, -0.15) is 5.10 Å². The molecule has 2 aromatic carbocycles. The molecule has 1 amide bonds. The van der Waals surface area contributed by atoms with Crippen molar-refractivity contribution in [3.05, 3.63) is 54.1 Å². The van der Waals surface area contributed by atoms with E-state index < -0.39 is 6.04 Å². The van der Waals surface area contributed by atoms with Crippen LogP contribution in [0.1, 0.15) is 25.8 Å². The molecule has 0 saturated carbocycles. The molecule has 0 saturated heterocycles. The van der Waals surface area contributed by atoms with Crippen LogP contribution in [-0.4, -0.2) is 29.8 Å². The number of carbonyl (C=O) groups is 1. The number of methoxy groups -OCH3 is 1. The number of amides is 1. The van der Waals surface area contributed by atoms with Crippen LogP contribution >= 0.6 is 11.3 Å². The zero-order chi connectivity index (χ0) is 19.2. The van der Waals surface area contributed by atoms with E-state index >= 15 is 0 Å². The van der Waals surface area contributed by atoms with Crippen molar-refractivity contribution in [3.63, 3.8) is 0 Å². The standard InChI is InChI=1S/C20H22N4O2S/c1-4-16(14-9-11-15(26-3)12-10-14)23-24-19(25)13(2)21-20-22-17-7-5-6-8-18(17)27-20/h5-13H,4H2,1-3H3,(H,21,22)(H,24,25)/b23-16-/t13-/m0/s1. The number of nitrogens with one attached hydrogen (secondary N) is 2. The number of aromatic nitrogens is 1. The number of ether oxygens (including phenoxy) is 1. The second kappa shape index (κ2) is 8.64. The van der Waals surface area contributed by atoms with E-state index in [1.807, 2.05) is 55.5 Å². The molecule has 0 spiro atoms. The number of thiazole rings is 1. The number of nitrogens with zero attached hydrogens (tertiary/aromatic N) is 2. The van der Waals surface area contributed by atoms with E-state index in [1.54, 1.807) is 14.0 Å². The molecule has 0 fully saturated rings. The van der Waals surface area contributed by atoms with Gasteiger partial charge in [0.2, 0.25) is 0 Å². The number of benzene rings is 2. The summed E-state index contributed by atoms with van der Waals surface area (Å²) in [7, 11) is 1.63. The number of rotatable bonds is 7. The monoisotopic (exact) mass is 382 g/mol.